The van der Waals surface area contributed by atoms with Gasteiger partial charge >= 0.3 is 0 Å². The van der Waals surface area contributed by atoms with Crippen LogP contribution in [0.3, 0.4) is 0 Å². The van der Waals surface area contributed by atoms with E-state index in [-0.39, 0.29) is 0 Å². The topological polar surface area (TPSA) is 12.0 Å². The molecule has 0 spiro atoms. The van der Waals surface area contributed by atoms with E-state index in [1.165, 1.54) is 28.9 Å². The number of rotatable bonds is 3. The summed E-state index contributed by atoms with van der Waals surface area (Å²) in [5.74, 6) is 1.30. The molecular formula is C15H23NS. The highest BCUT2D eigenvalue weighted by Crippen LogP contribution is 2.29. The van der Waals surface area contributed by atoms with Crippen molar-refractivity contribution < 1.29 is 0 Å². The van der Waals surface area contributed by atoms with E-state index in [0.29, 0.717) is 12.1 Å². The lowest BCUT2D eigenvalue weighted by Crippen LogP contribution is -2.35. The molecule has 17 heavy (non-hydrogen) atoms. The molecule has 0 aromatic heterocycles. The molecule has 1 heterocycles. The van der Waals surface area contributed by atoms with Crippen molar-refractivity contribution in [1.29, 1.82) is 0 Å². The molecule has 0 radical (unpaired) electrons. The molecule has 0 aliphatic carbocycles. The number of thioether (sulfide) groups is 1. The third-order valence-electron chi connectivity index (χ3n) is 3.73. The zero-order valence-corrected chi connectivity index (χ0v) is 12.1. The summed E-state index contributed by atoms with van der Waals surface area (Å²) < 4.78 is 0. The van der Waals surface area contributed by atoms with Gasteiger partial charge in [0.25, 0.3) is 0 Å². The van der Waals surface area contributed by atoms with Gasteiger partial charge in [-0.3, -0.25) is 0 Å². The van der Waals surface area contributed by atoms with Gasteiger partial charge in [-0.1, -0.05) is 30.7 Å². The Bertz CT molecular complexity index is 389. The van der Waals surface area contributed by atoms with Gasteiger partial charge in [-0.25, -0.2) is 0 Å². The smallest absolute Gasteiger partial charge is 0.0297 e. The Kier molecular flexibility index (Phi) is 4.16. The van der Waals surface area contributed by atoms with Gasteiger partial charge in [-0.15, -0.1) is 0 Å². The summed E-state index contributed by atoms with van der Waals surface area (Å²) in [7, 11) is 0. The molecule has 0 saturated carbocycles. The quantitative estimate of drug-likeness (QED) is 0.873. The Hall–Kier alpha value is -0.470. The molecule has 0 amide bonds. The van der Waals surface area contributed by atoms with Crippen LogP contribution in [-0.2, 0) is 0 Å². The lowest BCUT2D eigenvalue weighted by Gasteiger charge is -2.24. The van der Waals surface area contributed by atoms with Gasteiger partial charge in [0.1, 0.15) is 0 Å². The van der Waals surface area contributed by atoms with Crippen LogP contribution in [0.15, 0.2) is 18.2 Å². The van der Waals surface area contributed by atoms with Gasteiger partial charge < -0.3 is 5.32 Å². The van der Waals surface area contributed by atoms with Crippen LogP contribution in [0, 0.1) is 13.8 Å². The van der Waals surface area contributed by atoms with Crippen molar-refractivity contribution in [1.82, 2.24) is 5.32 Å². The van der Waals surface area contributed by atoms with E-state index in [0.717, 1.165) is 5.25 Å². The predicted molar refractivity (Wildman–Crippen MR) is 77.8 cm³/mol. The van der Waals surface area contributed by atoms with E-state index in [9.17, 15) is 0 Å². The fraction of sp³-hybridized carbons (Fsp3) is 0.600. The first-order chi connectivity index (χ1) is 8.08. The van der Waals surface area contributed by atoms with E-state index in [4.69, 9.17) is 0 Å². The molecule has 2 heteroatoms. The van der Waals surface area contributed by atoms with Crippen molar-refractivity contribution in [2.75, 3.05) is 5.75 Å². The molecule has 3 atom stereocenters. The lowest BCUT2D eigenvalue weighted by molar-refractivity contribution is 0.453. The fourth-order valence-corrected chi connectivity index (χ4v) is 3.88. The molecule has 1 nitrogen and oxygen atoms in total. The Morgan fingerprint density at radius 1 is 1.35 bits per heavy atom. The second-order valence-electron chi connectivity index (χ2n) is 5.22. The predicted octanol–water partition coefficient (Wildman–Crippen LogP) is 3.85. The standard InChI is InChI=1S/C15H23NS/c1-10-5-6-14(11(2)9-10)12(3)16-15-7-8-17-13(15)4/h5-6,9,12-13,15-16H,7-8H2,1-4H3. The van der Waals surface area contributed by atoms with E-state index >= 15 is 0 Å². The van der Waals surface area contributed by atoms with Crippen LogP contribution in [-0.4, -0.2) is 17.0 Å². The third-order valence-corrected chi connectivity index (χ3v) is 5.06. The molecule has 94 valence electrons. The molecule has 0 bridgehead atoms. The monoisotopic (exact) mass is 249 g/mol. The minimum atomic E-state index is 0.460. The van der Waals surface area contributed by atoms with Gasteiger partial charge in [0.05, 0.1) is 0 Å². The van der Waals surface area contributed by atoms with Crippen molar-refractivity contribution in [3.63, 3.8) is 0 Å². The average Bonchev–Trinajstić information content (AvgIpc) is 2.64. The van der Waals surface area contributed by atoms with Crippen LogP contribution in [0.1, 0.15) is 43.0 Å². The zero-order valence-electron chi connectivity index (χ0n) is 11.3. The van der Waals surface area contributed by atoms with E-state index < -0.39 is 0 Å². The fourth-order valence-electron chi connectivity index (χ4n) is 2.67. The maximum atomic E-state index is 3.78. The molecule has 1 aromatic rings. The lowest BCUT2D eigenvalue weighted by atomic mass is 9.99. The summed E-state index contributed by atoms with van der Waals surface area (Å²) in [5.41, 5.74) is 4.20. The Morgan fingerprint density at radius 2 is 2.12 bits per heavy atom. The highest BCUT2D eigenvalue weighted by Gasteiger charge is 2.25. The number of benzene rings is 1. The second-order valence-corrected chi connectivity index (χ2v) is 6.70. The molecular weight excluding hydrogens is 226 g/mol. The SMILES string of the molecule is Cc1ccc(C(C)NC2CCSC2C)c(C)c1. The summed E-state index contributed by atoms with van der Waals surface area (Å²) in [5, 5.41) is 4.54. The van der Waals surface area contributed by atoms with Crippen LogP contribution in [0.4, 0.5) is 0 Å². The summed E-state index contributed by atoms with van der Waals surface area (Å²) in [6.45, 7) is 9.00. The van der Waals surface area contributed by atoms with E-state index in [1.807, 2.05) is 0 Å². The van der Waals surface area contributed by atoms with Gasteiger partial charge in [0.15, 0.2) is 0 Å². The van der Waals surface area contributed by atoms with E-state index in [2.05, 4.69) is 63.0 Å². The summed E-state index contributed by atoms with van der Waals surface area (Å²) >= 11 is 2.09. The van der Waals surface area contributed by atoms with Crippen molar-refractivity contribution in [2.24, 2.45) is 0 Å². The highest BCUT2D eigenvalue weighted by atomic mass is 32.2. The summed E-state index contributed by atoms with van der Waals surface area (Å²) in [4.78, 5) is 0. The maximum Gasteiger partial charge on any atom is 0.0297 e. The van der Waals surface area contributed by atoms with E-state index in [1.54, 1.807) is 0 Å². The summed E-state index contributed by atoms with van der Waals surface area (Å²) in [6, 6.07) is 7.90. The van der Waals surface area contributed by atoms with Crippen molar-refractivity contribution in [3.05, 3.63) is 34.9 Å². The minimum absolute atomic E-state index is 0.460. The zero-order chi connectivity index (χ0) is 12.4. The van der Waals surface area contributed by atoms with Crippen molar-refractivity contribution >= 4 is 11.8 Å². The van der Waals surface area contributed by atoms with Crippen LogP contribution in [0.2, 0.25) is 0 Å². The highest BCUT2D eigenvalue weighted by molar-refractivity contribution is 8.00. The normalized spacial score (nSPS) is 26.1. The number of hydrogen-bond acceptors (Lipinski definition) is 2. The first-order valence-electron chi connectivity index (χ1n) is 6.52. The Balaban J connectivity index is 2.06. The van der Waals surface area contributed by atoms with Crippen LogP contribution in [0.5, 0.6) is 0 Å². The molecule has 2 rings (SSSR count). The molecule has 1 fully saturated rings. The van der Waals surface area contributed by atoms with Gasteiger partial charge in [0.2, 0.25) is 0 Å². The third kappa shape index (κ3) is 3.05. The minimum Gasteiger partial charge on any atom is -0.306 e. The average molecular weight is 249 g/mol. The van der Waals surface area contributed by atoms with Gasteiger partial charge in [-0.05, 0) is 44.1 Å². The largest absolute Gasteiger partial charge is 0.306 e. The van der Waals surface area contributed by atoms with Crippen LogP contribution in [0.25, 0.3) is 0 Å². The van der Waals surface area contributed by atoms with Crippen LogP contribution >= 0.6 is 11.8 Å². The first kappa shape index (κ1) is 13.0. The number of hydrogen-bond donors (Lipinski definition) is 1. The van der Waals surface area contributed by atoms with Crippen LogP contribution < -0.4 is 5.32 Å². The Labute approximate surface area is 109 Å². The molecule has 1 aliphatic heterocycles. The van der Waals surface area contributed by atoms with Gasteiger partial charge in [0, 0.05) is 17.3 Å². The first-order valence-corrected chi connectivity index (χ1v) is 7.57. The Morgan fingerprint density at radius 3 is 2.71 bits per heavy atom. The molecule has 1 saturated heterocycles. The molecule has 1 aliphatic rings. The molecule has 1 N–H and O–H groups in total. The molecule has 1 aromatic carbocycles. The molecule has 3 unspecified atom stereocenters. The number of aryl methyl sites for hydroxylation is 2. The number of nitrogens with one attached hydrogen (secondary N) is 1. The van der Waals surface area contributed by atoms with Gasteiger partial charge in [-0.2, -0.15) is 11.8 Å². The summed E-state index contributed by atoms with van der Waals surface area (Å²) in [6.07, 6.45) is 1.31. The van der Waals surface area contributed by atoms with Crippen molar-refractivity contribution in [3.8, 4) is 0 Å². The van der Waals surface area contributed by atoms with Crippen molar-refractivity contribution in [2.45, 2.75) is 51.4 Å². The second kappa shape index (κ2) is 5.45. The maximum absolute atomic E-state index is 3.78.